The second-order valence-corrected chi connectivity index (χ2v) is 4.57. The van der Waals surface area contributed by atoms with Crippen LogP contribution in [0.1, 0.15) is 19.4 Å². The molecule has 0 aliphatic rings. The molecule has 17 heavy (non-hydrogen) atoms. The van der Waals surface area contributed by atoms with Crippen LogP contribution in [0.4, 0.5) is 0 Å². The fraction of sp³-hybridized carbons (Fsp3) is 0.308. The first-order chi connectivity index (χ1) is 8.02. The van der Waals surface area contributed by atoms with Crippen LogP contribution in [-0.2, 0) is 9.53 Å². The van der Waals surface area contributed by atoms with E-state index >= 15 is 0 Å². The van der Waals surface area contributed by atoms with Gasteiger partial charge >= 0.3 is 5.97 Å². The predicted octanol–water partition coefficient (Wildman–Crippen LogP) is 3.42. The van der Waals surface area contributed by atoms with Crippen molar-refractivity contribution >= 4 is 28.0 Å². The lowest BCUT2D eigenvalue weighted by Gasteiger charge is -2.05. The number of esters is 1. The van der Waals surface area contributed by atoms with E-state index < -0.39 is 0 Å². The maximum Gasteiger partial charge on any atom is 0.331 e. The van der Waals surface area contributed by atoms with Crippen LogP contribution in [0.5, 0.6) is 5.75 Å². The molecule has 0 amide bonds. The molecule has 0 bridgehead atoms. The molecule has 0 N–H and O–H groups in total. The Bertz CT molecular complexity index is 425. The molecule has 1 rings (SSSR count). The second-order valence-electron chi connectivity index (χ2n) is 3.71. The molecule has 0 heterocycles. The van der Waals surface area contributed by atoms with Gasteiger partial charge in [-0.05, 0) is 53.5 Å². The van der Waals surface area contributed by atoms with Gasteiger partial charge in [0, 0.05) is 6.08 Å². The molecular weight excluding hydrogens is 284 g/mol. The SMILES string of the molecule is COc1ccc(C=CC(=O)OC(C)C)cc1Br. The van der Waals surface area contributed by atoms with Gasteiger partial charge in [0.1, 0.15) is 5.75 Å². The highest BCUT2D eigenvalue weighted by Gasteiger charge is 2.02. The number of halogens is 1. The van der Waals surface area contributed by atoms with Crippen molar-refractivity contribution in [2.75, 3.05) is 7.11 Å². The Balaban J connectivity index is 2.72. The highest BCUT2D eigenvalue weighted by molar-refractivity contribution is 9.10. The summed E-state index contributed by atoms with van der Waals surface area (Å²) in [6.07, 6.45) is 3.01. The fourth-order valence-corrected chi connectivity index (χ4v) is 1.78. The Morgan fingerprint density at radius 3 is 2.65 bits per heavy atom. The average Bonchev–Trinajstić information content (AvgIpc) is 2.25. The van der Waals surface area contributed by atoms with Crippen molar-refractivity contribution in [2.24, 2.45) is 0 Å². The monoisotopic (exact) mass is 298 g/mol. The van der Waals surface area contributed by atoms with E-state index in [1.807, 2.05) is 32.0 Å². The zero-order valence-corrected chi connectivity index (χ0v) is 11.7. The summed E-state index contributed by atoms with van der Waals surface area (Å²) < 4.78 is 10.9. The van der Waals surface area contributed by atoms with Crippen molar-refractivity contribution in [3.05, 3.63) is 34.3 Å². The number of hydrogen-bond acceptors (Lipinski definition) is 3. The Morgan fingerprint density at radius 2 is 2.12 bits per heavy atom. The lowest BCUT2D eigenvalue weighted by atomic mass is 10.2. The van der Waals surface area contributed by atoms with Crippen LogP contribution in [0, 0.1) is 0 Å². The number of methoxy groups -OCH3 is 1. The summed E-state index contributed by atoms with van der Waals surface area (Å²) >= 11 is 3.38. The highest BCUT2D eigenvalue weighted by Crippen LogP contribution is 2.25. The summed E-state index contributed by atoms with van der Waals surface area (Å²) in [6, 6.07) is 5.57. The maximum absolute atomic E-state index is 11.3. The number of rotatable bonds is 4. The van der Waals surface area contributed by atoms with E-state index in [0.29, 0.717) is 0 Å². The Labute approximate surface area is 110 Å². The van der Waals surface area contributed by atoms with Gasteiger partial charge in [-0.2, -0.15) is 0 Å². The van der Waals surface area contributed by atoms with Crippen LogP contribution < -0.4 is 4.74 Å². The van der Waals surface area contributed by atoms with E-state index in [4.69, 9.17) is 9.47 Å². The molecule has 0 fully saturated rings. The van der Waals surface area contributed by atoms with Crippen molar-refractivity contribution in [1.29, 1.82) is 0 Å². The number of ether oxygens (including phenoxy) is 2. The molecule has 1 aromatic carbocycles. The van der Waals surface area contributed by atoms with Gasteiger partial charge in [-0.3, -0.25) is 0 Å². The fourth-order valence-electron chi connectivity index (χ4n) is 1.22. The van der Waals surface area contributed by atoms with Gasteiger partial charge in [0.05, 0.1) is 17.7 Å². The van der Waals surface area contributed by atoms with Gasteiger partial charge in [0.2, 0.25) is 0 Å². The quantitative estimate of drug-likeness (QED) is 0.631. The standard InChI is InChI=1S/C13H15BrO3/c1-9(2)17-13(15)7-5-10-4-6-12(16-3)11(14)8-10/h4-9H,1-3H3. The van der Waals surface area contributed by atoms with Crippen molar-refractivity contribution in [1.82, 2.24) is 0 Å². The first kappa shape index (κ1) is 13.8. The summed E-state index contributed by atoms with van der Waals surface area (Å²) in [5, 5.41) is 0. The summed E-state index contributed by atoms with van der Waals surface area (Å²) in [4.78, 5) is 11.3. The molecule has 0 unspecified atom stereocenters. The van der Waals surface area contributed by atoms with Gasteiger partial charge in [0.15, 0.2) is 0 Å². The van der Waals surface area contributed by atoms with Gasteiger partial charge in [-0.1, -0.05) is 6.07 Å². The van der Waals surface area contributed by atoms with E-state index in [1.54, 1.807) is 13.2 Å². The van der Waals surface area contributed by atoms with E-state index in [-0.39, 0.29) is 12.1 Å². The van der Waals surface area contributed by atoms with Gasteiger partial charge in [-0.15, -0.1) is 0 Å². The molecule has 0 aliphatic heterocycles. The van der Waals surface area contributed by atoms with E-state index in [1.165, 1.54) is 6.08 Å². The largest absolute Gasteiger partial charge is 0.496 e. The molecule has 0 saturated carbocycles. The van der Waals surface area contributed by atoms with E-state index in [2.05, 4.69) is 15.9 Å². The van der Waals surface area contributed by atoms with Crippen molar-refractivity contribution in [3.63, 3.8) is 0 Å². The minimum atomic E-state index is -0.341. The molecule has 0 aromatic heterocycles. The number of hydrogen-bond donors (Lipinski definition) is 0. The Morgan fingerprint density at radius 1 is 1.41 bits per heavy atom. The predicted molar refractivity (Wildman–Crippen MR) is 71.0 cm³/mol. The van der Waals surface area contributed by atoms with Crippen LogP contribution in [0.25, 0.3) is 6.08 Å². The number of carbonyl (C=O) groups excluding carboxylic acids is 1. The maximum atomic E-state index is 11.3. The zero-order valence-electron chi connectivity index (χ0n) is 10.1. The first-order valence-corrected chi connectivity index (χ1v) is 6.04. The summed E-state index contributed by atoms with van der Waals surface area (Å²) in [5.74, 6) is 0.416. The minimum absolute atomic E-state index is 0.102. The topological polar surface area (TPSA) is 35.5 Å². The van der Waals surface area contributed by atoms with Crippen molar-refractivity contribution in [3.8, 4) is 5.75 Å². The number of carbonyl (C=O) groups is 1. The molecule has 92 valence electrons. The molecule has 3 nitrogen and oxygen atoms in total. The Hall–Kier alpha value is -1.29. The molecule has 0 atom stereocenters. The molecular formula is C13H15BrO3. The normalized spacial score (nSPS) is 10.9. The van der Waals surface area contributed by atoms with Crippen molar-refractivity contribution in [2.45, 2.75) is 20.0 Å². The molecule has 0 spiro atoms. The lowest BCUT2D eigenvalue weighted by molar-refractivity contribution is -0.141. The van der Waals surface area contributed by atoms with Gasteiger partial charge < -0.3 is 9.47 Å². The van der Waals surface area contributed by atoms with Crippen LogP contribution in [0.2, 0.25) is 0 Å². The molecule has 1 aromatic rings. The Kier molecular flexibility index (Phi) is 5.22. The average molecular weight is 299 g/mol. The number of benzene rings is 1. The summed E-state index contributed by atoms with van der Waals surface area (Å²) in [6.45, 7) is 3.63. The second kappa shape index (κ2) is 6.45. The zero-order chi connectivity index (χ0) is 12.8. The molecule has 0 radical (unpaired) electrons. The van der Waals surface area contributed by atoms with Gasteiger partial charge in [-0.25, -0.2) is 4.79 Å². The van der Waals surface area contributed by atoms with Crippen LogP contribution in [-0.4, -0.2) is 19.2 Å². The van der Waals surface area contributed by atoms with Crippen LogP contribution in [0.3, 0.4) is 0 Å². The van der Waals surface area contributed by atoms with E-state index in [9.17, 15) is 4.79 Å². The van der Waals surface area contributed by atoms with Crippen LogP contribution in [0.15, 0.2) is 28.7 Å². The lowest BCUT2D eigenvalue weighted by Crippen LogP contribution is -2.08. The molecule has 4 heteroatoms. The van der Waals surface area contributed by atoms with E-state index in [0.717, 1.165) is 15.8 Å². The van der Waals surface area contributed by atoms with Crippen LogP contribution >= 0.6 is 15.9 Å². The summed E-state index contributed by atoms with van der Waals surface area (Å²) in [7, 11) is 1.61. The third kappa shape index (κ3) is 4.61. The minimum Gasteiger partial charge on any atom is -0.496 e. The molecule has 0 aliphatic carbocycles. The third-order valence-electron chi connectivity index (χ3n) is 1.94. The first-order valence-electron chi connectivity index (χ1n) is 5.25. The third-order valence-corrected chi connectivity index (χ3v) is 2.56. The molecule has 0 saturated heterocycles. The van der Waals surface area contributed by atoms with Crippen molar-refractivity contribution < 1.29 is 14.3 Å². The van der Waals surface area contributed by atoms with Gasteiger partial charge in [0.25, 0.3) is 0 Å². The highest BCUT2D eigenvalue weighted by atomic mass is 79.9. The summed E-state index contributed by atoms with van der Waals surface area (Å²) in [5.41, 5.74) is 0.901. The smallest absolute Gasteiger partial charge is 0.331 e.